The van der Waals surface area contributed by atoms with Gasteiger partial charge in [-0.1, -0.05) is 6.92 Å². The van der Waals surface area contributed by atoms with E-state index in [2.05, 4.69) is 0 Å². The first-order valence-corrected chi connectivity index (χ1v) is 4.64. The Labute approximate surface area is 87.7 Å². The maximum Gasteiger partial charge on any atom is 0.335 e. The van der Waals surface area contributed by atoms with Crippen LogP contribution in [-0.4, -0.2) is 55.0 Å². The monoisotopic (exact) mass is 220 g/mol. The quantitative estimate of drug-likeness (QED) is 0.664. The topological polar surface area (TPSA) is 85.2 Å². The van der Waals surface area contributed by atoms with Crippen molar-refractivity contribution in [2.24, 2.45) is 5.92 Å². The van der Waals surface area contributed by atoms with E-state index in [-0.39, 0.29) is 5.92 Å². The number of aliphatic hydroxyl groups is 1. The van der Waals surface area contributed by atoms with Crippen LogP contribution in [0.15, 0.2) is 0 Å². The van der Waals surface area contributed by atoms with Crippen LogP contribution in [0.25, 0.3) is 0 Å². The molecule has 0 aromatic carbocycles. The third kappa shape index (κ3) is 2.28. The van der Waals surface area contributed by atoms with Crippen molar-refractivity contribution in [3.63, 3.8) is 0 Å². The van der Waals surface area contributed by atoms with Gasteiger partial charge >= 0.3 is 5.97 Å². The molecule has 0 aliphatic carbocycles. The van der Waals surface area contributed by atoms with E-state index in [1.807, 2.05) is 0 Å². The first-order valence-electron chi connectivity index (χ1n) is 4.64. The molecule has 6 heteroatoms. The molecule has 1 heterocycles. The lowest BCUT2D eigenvalue weighted by molar-refractivity contribution is -0.272. The van der Waals surface area contributed by atoms with E-state index in [0.29, 0.717) is 0 Å². The summed E-state index contributed by atoms with van der Waals surface area (Å²) in [5, 5.41) is 18.7. The molecule has 1 saturated heterocycles. The van der Waals surface area contributed by atoms with E-state index in [4.69, 9.17) is 19.3 Å². The van der Waals surface area contributed by atoms with E-state index < -0.39 is 30.6 Å². The summed E-state index contributed by atoms with van der Waals surface area (Å²) in [5.74, 6) is -1.51. The van der Waals surface area contributed by atoms with Crippen LogP contribution in [0.3, 0.4) is 0 Å². The standard InChI is InChI=1S/C9H16O6/c1-4-5(10)6(13-2)7(8(11)12)15-9(4)14-3/h4-7,9-10H,1-3H3,(H,11,12). The molecule has 15 heavy (non-hydrogen) atoms. The molecule has 0 amide bonds. The van der Waals surface area contributed by atoms with Gasteiger partial charge in [-0.2, -0.15) is 0 Å². The average Bonchev–Trinajstić information content (AvgIpc) is 2.21. The van der Waals surface area contributed by atoms with Crippen molar-refractivity contribution in [2.75, 3.05) is 14.2 Å². The van der Waals surface area contributed by atoms with Crippen molar-refractivity contribution >= 4 is 5.97 Å². The highest BCUT2D eigenvalue weighted by atomic mass is 16.7. The van der Waals surface area contributed by atoms with Crippen molar-refractivity contribution in [3.05, 3.63) is 0 Å². The van der Waals surface area contributed by atoms with Gasteiger partial charge in [0, 0.05) is 20.1 Å². The highest BCUT2D eigenvalue weighted by Crippen LogP contribution is 2.28. The molecule has 5 atom stereocenters. The summed E-state index contributed by atoms with van der Waals surface area (Å²) in [6, 6.07) is 0. The molecule has 88 valence electrons. The first kappa shape index (κ1) is 12.4. The fraction of sp³-hybridized carbons (Fsp3) is 0.889. The second kappa shape index (κ2) is 4.89. The smallest absolute Gasteiger partial charge is 0.335 e. The number of carboxylic acids is 1. The molecule has 1 rings (SSSR count). The highest BCUT2D eigenvalue weighted by molar-refractivity contribution is 5.73. The van der Waals surface area contributed by atoms with Crippen LogP contribution in [-0.2, 0) is 19.0 Å². The van der Waals surface area contributed by atoms with Crippen LogP contribution < -0.4 is 0 Å². The molecular weight excluding hydrogens is 204 g/mol. The fourth-order valence-corrected chi connectivity index (χ4v) is 1.72. The molecule has 0 aromatic rings. The number of hydrogen-bond donors (Lipinski definition) is 2. The van der Waals surface area contributed by atoms with Crippen molar-refractivity contribution in [2.45, 2.75) is 31.5 Å². The Morgan fingerprint density at radius 1 is 1.33 bits per heavy atom. The number of carbonyl (C=O) groups is 1. The van der Waals surface area contributed by atoms with Crippen molar-refractivity contribution < 1.29 is 29.2 Å². The molecule has 1 aliphatic heterocycles. The molecule has 0 aromatic heterocycles. The summed E-state index contributed by atoms with van der Waals surface area (Å²) in [6.07, 6.45) is -3.72. The lowest BCUT2D eigenvalue weighted by Crippen LogP contribution is -2.57. The van der Waals surface area contributed by atoms with Gasteiger partial charge in [-0.3, -0.25) is 0 Å². The lowest BCUT2D eigenvalue weighted by Gasteiger charge is -2.40. The Bertz CT molecular complexity index is 231. The molecular formula is C9H16O6. The van der Waals surface area contributed by atoms with Gasteiger partial charge in [-0.05, 0) is 0 Å². The zero-order valence-electron chi connectivity index (χ0n) is 8.91. The molecule has 1 aliphatic rings. The summed E-state index contributed by atoms with van der Waals surface area (Å²) in [6.45, 7) is 1.71. The Balaban J connectivity index is 2.84. The minimum Gasteiger partial charge on any atom is -0.479 e. The van der Waals surface area contributed by atoms with Gasteiger partial charge in [-0.15, -0.1) is 0 Å². The predicted octanol–water partition coefficient (Wildman–Crippen LogP) is -0.546. The zero-order valence-corrected chi connectivity index (χ0v) is 8.91. The Morgan fingerprint density at radius 2 is 1.93 bits per heavy atom. The van der Waals surface area contributed by atoms with Crippen LogP contribution in [0.4, 0.5) is 0 Å². The maximum atomic E-state index is 10.9. The highest BCUT2D eigenvalue weighted by Gasteiger charge is 2.46. The van der Waals surface area contributed by atoms with E-state index >= 15 is 0 Å². The predicted molar refractivity (Wildman–Crippen MR) is 49.3 cm³/mol. The van der Waals surface area contributed by atoms with Gasteiger partial charge in [0.05, 0.1) is 6.10 Å². The van der Waals surface area contributed by atoms with E-state index in [0.717, 1.165) is 0 Å². The van der Waals surface area contributed by atoms with Crippen LogP contribution in [0.2, 0.25) is 0 Å². The summed E-state index contributed by atoms with van der Waals surface area (Å²) in [7, 11) is 2.74. The van der Waals surface area contributed by atoms with Crippen molar-refractivity contribution in [1.82, 2.24) is 0 Å². The van der Waals surface area contributed by atoms with E-state index in [1.165, 1.54) is 14.2 Å². The normalized spacial score (nSPS) is 41.5. The summed E-state index contributed by atoms with van der Waals surface area (Å²) >= 11 is 0. The number of hydrogen-bond acceptors (Lipinski definition) is 5. The Kier molecular flexibility index (Phi) is 4.04. The number of carboxylic acid groups (broad SMARTS) is 1. The third-order valence-electron chi connectivity index (χ3n) is 2.63. The summed E-state index contributed by atoms with van der Waals surface area (Å²) in [4.78, 5) is 10.9. The third-order valence-corrected chi connectivity index (χ3v) is 2.63. The minimum absolute atomic E-state index is 0.337. The maximum absolute atomic E-state index is 10.9. The molecule has 2 N–H and O–H groups in total. The molecule has 0 bridgehead atoms. The van der Waals surface area contributed by atoms with Gasteiger partial charge in [-0.25, -0.2) is 4.79 Å². The lowest BCUT2D eigenvalue weighted by atomic mass is 9.92. The average molecular weight is 220 g/mol. The number of aliphatic hydroxyl groups excluding tert-OH is 1. The molecule has 5 unspecified atom stereocenters. The van der Waals surface area contributed by atoms with Crippen LogP contribution in [0.1, 0.15) is 6.92 Å². The number of rotatable bonds is 3. The first-order chi connectivity index (χ1) is 7.02. The van der Waals surface area contributed by atoms with Crippen molar-refractivity contribution in [3.8, 4) is 0 Å². The molecule has 0 saturated carbocycles. The summed E-state index contributed by atoms with van der Waals surface area (Å²) < 4.78 is 15.1. The Morgan fingerprint density at radius 3 is 2.33 bits per heavy atom. The largest absolute Gasteiger partial charge is 0.479 e. The number of methoxy groups -OCH3 is 2. The zero-order chi connectivity index (χ0) is 11.6. The van der Waals surface area contributed by atoms with E-state index in [9.17, 15) is 9.90 Å². The van der Waals surface area contributed by atoms with Gasteiger partial charge < -0.3 is 24.4 Å². The fourth-order valence-electron chi connectivity index (χ4n) is 1.72. The van der Waals surface area contributed by atoms with Crippen LogP contribution in [0, 0.1) is 5.92 Å². The Hall–Kier alpha value is -0.690. The summed E-state index contributed by atoms with van der Waals surface area (Å²) in [5.41, 5.74) is 0. The van der Waals surface area contributed by atoms with Gasteiger partial charge in [0.25, 0.3) is 0 Å². The van der Waals surface area contributed by atoms with E-state index in [1.54, 1.807) is 6.92 Å². The number of aliphatic carboxylic acids is 1. The molecule has 0 radical (unpaired) electrons. The number of ether oxygens (including phenoxy) is 3. The molecule has 1 fully saturated rings. The molecule has 0 spiro atoms. The van der Waals surface area contributed by atoms with Gasteiger partial charge in [0.2, 0.25) is 0 Å². The van der Waals surface area contributed by atoms with Crippen LogP contribution in [0.5, 0.6) is 0 Å². The van der Waals surface area contributed by atoms with Crippen LogP contribution >= 0.6 is 0 Å². The second-order valence-corrected chi connectivity index (χ2v) is 3.55. The molecule has 6 nitrogen and oxygen atoms in total. The van der Waals surface area contributed by atoms with Gasteiger partial charge in [0.15, 0.2) is 12.4 Å². The minimum atomic E-state index is -1.20. The van der Waals surface area contributed by atoms with Crippen molar-refractivity contribution in [1.29, 1.82) is 0 Å². The van der Waals surface area contributed by atoms with Gasteiger partial charge in [0.1, 0.15) is 6.10 Å². The SMILES string of the molecule is COC1OC(C(=O)O)C(OC)C(O)C1C. The second-order valence-electron chi connectivity index (χ2n) is 3.55.